The number of fused-ring (bicyclic) bond motifs is 1. The quantitative estimate of drug-likeness (QED) is 0.171. The Balaban J connectivity index is 1.27. The van der Waals surface area contributed by atoms with E-state index in [-0.39, 0.29) is 35.0 Å². The molecule has 8 heteroatoms. The number of aliphatic imine (C=N–C) groups is 1. The zero-order chi connectivity index (χ0) is 33.1. The van der Waals surface area contributed by atoms with Crippen molar-refractivity contribution >= 4 is 29.1 Å². The summed E-state index contributed by atoms with van der Waals surface area (Å²) in [6.07, 6.45) is 10.6. The Bertz CT molecular complexity index is 1960. The maximum absolute atomic E-state index is 16.3. The van der Waals surface area contributed by atoms with E-state index in [1.165, 1.54) is 13.2 Å². The van der Waals surface area contributed by atoms with Crippen LogP contribution in [0.2, 0.25) is 0 Å². The highest BCUT2D eigenvalue weighted by Crippen LogP contribution is 2.37. The van der Waals surface area contributed by atoms with E-state index in [0.717, 1.165) is 23.1 Å². The summed E-state index contributed by atoms with van der Waals surface area (Å²) >= 11 is 0. The van der Waals surface area contributed by atoms with Crippen molar-refractivity contribution in [2.45, 2.75) is 51.9 Å². The first-order chi connectivity index (χ1) is 22.7. The Hall–Kier alpha value is -5.11. The molecule has 0 unspecified atom stereocenters. The molecule has 0 radical (unpaired) electrons. The summed E-state index contributed by atoms with van der Waals surface area (Å²) in [6, 6.07) is 15.5. The number of nitrogens with one attached hydrogen (secondary N) is 2. The second kappa shape index (κ2) is 13.7. The SMILES string of the molecule is COc1cc(-c2cccc(-c3cccc(CC(=N)c4nccc5c4N=CC=CC5)c3C)c2F)cc(F)c1CC(=N)C[C@@H]1CCC(=O)C1. The third kappa shape index (κ3) is 6.73. The van der Waals surface area contributed by atoms with Gasteiger partial charge in [0, 0.05) is 60.5 Å². The zero-order valence-electron chi connectivity index (χ0n) is 26.5. The third-order valence-electron chi connectivity index (χ3n) is 9.12. The molecule has 0 spiro atoms. The molecular formula is C39H36F2N4O2. The van der Waals surface area contributed by atoms with Crippen LogP contribution < -0.4 is 4.74 Å². The van der Waals surface area contributed by atoms with Crippen molar-refractivity contribution in [1.82, 2.24) is 4.98 Å². The van der Waals surface area contributed by atoms with Gasteiger partial charge in [0.2, 0.25) is 0 Å². The van der Waals surface area contributed by atoms with Crippen LogP contribution in [0.3, 0.4) is 0 Å². The third-order valence-corrected chi connectivity index (χ3v) is 9.12. The van der Waals surface area contributed by atoms with Crippen molar-refractivity contribution in [2.75, 3.05) is 7.11 Å². The Morgan fingerprint density at radius 1 is 1.02 bits per heavy atom. The fourth-order valence-electron chi connectivity index (χ4n) is 6.62. The number of ether oxygens (including phenoxy) is 1. The number of methoxy groups -OCH3 is 1. The van der Waals surface area contributed by atoms with Gasteiger partial charge in [0.05, 0.1) is 18.5 Å². The Kier molecular flexibility index (Phi) is 9.29. The van der Waals surface area contributed by atoms with E-state index in [1.54, 1.807) is 36.7 Å². The molecule has 6 rings (SSSR count). The topological polar surface area (TPSA) is 99.2 Å². The molecule has 1 fully saturated rings. The summed E-state index contributed by atoms with van der Waals surface area (Å²) in [6.45, 7) is 1.92. The molecule has 2 N–H and O–H groups in total. The van der Waals surface area contributed by atoms with Crippen molar-refractivity contribution < 1.29 is 18.3 Å². The molecule has 47 heavy (non-hydrogen) atoms. The normalized spacial score (nSPS) is 15.4. The van der Waals surface area contributed by atoms with Crippen molar-refractivity contribution in [2.24, 2.45) is 10.9 Å². The summed E-state index contributed by atoms with van der Waals surface area (Å²) in [5.74, 6) is -0.466. The van der Waals surface area contributed by atoms with E-state index in [2.05, 4.69) is 9.98 Å². The van der Waals surface area contributed by atoms with Crippen LogP contribution in [-0.2, 0) is 24.1 Å². The smallest absolute Gasteiger partial charge is 0.138 e. The Morgan fingerprint density at radius 2 is 1.81 bits per heavy atom. The highest BCUT2D eigenvalue weighted by atomic mass is 19.1. The lowest BCUT2D eigenvalue weighted by Gasteiger charge is -2.17. The number of Topliss-reactive ketones (excluding diaryl/α,β-unsaturated/α-hetero) is 1. The number of hydrogen-bond donors (Lipinski definition) is 2. The molecule has 4 aromatic rings. The van der Waals surface area contributed by atoms with Crippen LogP contribution in [0.15, 0.2) is 77.9 Å². The fraction of sp³-hybridized carbons (Fsp3) is 0.256. The van der Waals surface area contributed by atoms with Crippen LogP contribution in [0, 0.1) is 35.3 Å². The van der Waals surface area contributed by atoms with E-state index in [0.29, 0.717) is 71.6 Å². The summed E-state index contributed by atoms with van der Waals surface area (Å²) in [5.41, 5.74) is 6.47. The van der Waals surface area contributed by atoms with E-state index in [9.17, 15) is 4.79 Å². The van der Waals surface area contributed by atoms with Crippen LogP contribution in [0.25, 0.3) is 22.3 Å². The highest BCUT2D eigenvalue weighted by molar-refractivity contribution is 6.03. The van der Waals surface area contributed by atoms with Gasteiger partial charge in [-0.05, 0) is 84.2 Å². The lowest BCUT2D eigenvalue weighted by Crippen LogP contribution is -2.10. The molecule has 2 aliphatic rings. The number of rotatable bonds is 10. The lowest BCUT2D eigenvalue weighted by atomic mass is 9.90. The van der Waals surface area contributed by atoms with Gasteiger partial charge >= 0.3 is 0 Å². The average molecular weight is 631 g/mol. The van der Waals surface area contributed by atoms with Gasteiger partial charge < -0.3 is 15.6 Å². The van der Waals surface area contributed by atoms with Crippen LogP contribution in [0.5, 0.6) is 5.75 Å². The molecule has 238 valence electrons. The molecular weight excluding hydrogens is 594 g/mol. The number of pyridine rings is 1. The van der Waals surface area contributed by atoms with Gasteiger partial charge in [-0.25, -0.2) is 8.78 Å². The van der Waals surface area contributed by atoms with Gasteiger partial charge in [-0.2, -0.15) is 0 Å². The monoisotopic (exact) mass is 630 g/mol. The standard InChI is InChI=1S/C39H36F2N4O2/c1-23-26(20-35(43)39-38-25(14-16-45-39)7-3-4-15-44-38)8-5-9-30(23)32-11-6-10-31(37(32)41)27-19-34(40)33(36(21-27)47-2)22-28(42)17-24-12-13-29(46)18-24/h3-6,8-11,14-16,19,21,24,42-43H,7,12-13,17-18,20,22H2,1-2H3/t24-/m0/s1. The number of allylic oxidation sites excluding steroid dienone is 2. The predicted molar refractivity (Wildman–Crippen MR) is 183 cm³/mol. The second-order valence-corrected chi connectivity index (χ2v) is 12.3. The van der Waals surface area contributed by atoms with Crippen molar-refractivity contribution in [1.29, 1.82) is 10.8 Å². The molecule has 0 amide bonds. The van der Waals surface area contributed by atoms with Gasteiger partial charge in [-0.15, -0.1) is 0 Å². The number of ketones is 1. The van der Waals surface area contributed by atoms with Crippen LogP contribution in [-0.4, -0.2) is 35.5 Å². The molecule has 2 heterocycles. The molecule has 1 aromatic heterocycles. The minimum Gasteiger partial charge on any atom is -0.496 e. The van der Waals surface area contributed by atoms with Crippen molar-refractivity contribution in [3.8, 4) is 28.0 Å². The number of carbonyl (C=O) groups excluding carboxylic acids is 1. The van der Waals surface area contributed by atoms with Crippen LogP contribution in [0.4, 0.5) is 14.5 Å². The largest absolute Gasteiger partial charge is 0.496 e. The summed E-state index contributed by atoms with van der Waals surface area (Å²) in [5, 5.41) is 17.4. The second-order valence-electron chi connectivity index (χ2n) is 12.3. The number of hydrogen-bond acceptors (Lipinski definition) is 6. The Morgan fingerprint density at radius 3 is 2.60 bits per heavy atom. The lowest BCUT2D eigenvalue weighted by molar-refractivity contribution is -0.117. The number of benzene rings is 3. The summed E-state index contributed by atoms with van der Waals surface area (Å²) < 4.78 is 37.5. The minimum absolute atomic E-state index is 0.0635. The molecule has 1 saturated carbocycles. The van der Waals surface area contributed by atoms with E-state index in [1.807, 2.05) is 43.3 Å². The summed E-state index contributed by atoms with van der Waals surface area (Å²) in [7, 11) is 1.44. The maximum atomic E-state index is 16.3. The van der Waals surface area contributed by atoms with E-state index < -0.39 is 11.6 Å². The molecule has 0 bridgehead atoms. The van der Waals surface area contributed by atoms with Crippen molar-refractivity contribution in [3.05, 3.63) is 113 Å². The first kappa shape index (κ1) is 31.9. The summed E-state index contributed by atoms with van der Waals surface area (Å²) in [4.78, 5) is 20.7. The van der Waals surface area contributed by atoms with Gasteiger partial charge in [-0.1, -0.05) is 42.5 Å². The molecule has 3 aromatic carbocycles. The van der Waals surface area contributed by atoms with Crippen LogP contribution >= 0.6 is 0 Å². The number of halogens is 2. The molecule has 1 atom stereocenters. The maximum Gasteiger partial charge on any atom is 0.138 e. The van der Waals surface area contributed by atoms with E-state index >= 15 is 8.78 Å². The molecule has 6 nitrogen and oxygen atoms in total. The van der Waals surface area contributed by atoms with Gasteiger partial charge in [0.15, 0.2) is 0 Å². The zero-order valence-corrected chi connectivity index (χ0v) is 26.5. The first-order valence-electron chi connectivity index (χ1n) is 15.8. The first-order valence-corrected chi connectivity index (χ1v) is 15.8. The number of nitrogens with zero attached hydrogens (tertiary/aromatic N) is 2. The average Bonchev–Trinajstić information content (AvgIpc) is 3.31. The van der Waals surface area contributed by atoms with Gasteiger partial charge in [0.1, 0.15) is 28.9 Å². The number of carbonyl (C=O) groups is 1. The fourth-order valence-corrected chi connectivity index (χ4v) is 6.62. The van der Waals surface area contributed by atoms with Gasteiger partial charge in [0.25, 0.3) is 0 Å². The van der Waals surface area contributed by atoms with Crippen LogP contribution in [0.1, 0.15) is 53.6 Å². The van der Waals surface area contributed by atoms with Gasteiger partial charge in [-0.3, -0.25) is 14.8 Å². The number of aromatic nitrogens is 1. The molecule has 1 aliphatic heterocycles. The minimum atomic E-state index is -0.569. The molecule has 1 aliphatic carbocycles. The Labute approximate surface area is 273 Å². The predicted octanol–water partition coefficient (Wildman–Crippen LogP) is 8.76. The van der Waals surface area contributed by atoms with E-state index in [4.69, 9.17) is 15.6 Å². The molecule has 0 saturated heterocycles. The van der Waals surface area contributed by atoms with Crippen molar-refractivity contribution in [3.63, 3.8) is 0 Å². The highest BCUT2D eigenvalue weighted by Gasteiger charge is 2.25.